The van der Waals surface area contributed by atoms with Gasteiger partial charge in [-0.15, -0.1) is 5.10 Å². The van der Waals surface area contributed by atoms with Crippen LogP contribution in [0, 0.1) is 0 Å². The van der Waals surface area contributed by atoms with Gasteiger partial charge in [0.2, 0.25) is 11.1 Å². The Morgan fingerprint density at radius 3 is 2.85 bits per heavy atom. The molecule has 0 spiro atoms. The molecule has 9 heteroatoms. The summed E-state index contributed by atoms with van der Waals surface area (Å²) < 4.78 is 12.1. The van der Waals surface area contributed by atoms with Gasteiger partial charge in [-0.25, -0.2) is 4.68 Å². The molecule has 1 N–H and O–H groups in total. The molecular weight excluding hydrogens is 366 g/mol. The van der Waals surface area contributed by atoms with Crippen molar-refractivity contribution in [1.29, 1.82) is 0 Å². The van der Waals surface area contributed by atoms with Gasteiger partial charge in [-0.1, -0.05) is 23.9 Å². The van der Waals surface area contributed by atoms with Gasteiger partial charge in [0.1, 0.15) is 18.1 Å². The molecule has 1 amide bonds. The van der Waals surface area contributed by atoms with Crippen molar-refractivity contribution in [2.45, 2.75) is 30.3 Å². The van der Waals surface area contributed by atoms with E-state index in [1.54, 1.807) is 18.1 Å². The Morgan fingerprint density at radius 2 is 2.15 bits per heavy atom. The maximum atomic E-state index is 12.3. The van der Waals surface area contributed by atoms with Crippen molar-refractivity contribution in [3.63, 3.8) is 0 Å². The fourth-order valence-corrected chi connectivity index (χ4v) is 3.22. The zero-order valence-corrected chi connectivity index (χ0v) is 16.0. The Morgan fingerprint density at radius 1 is 1.33 bits per heavy atom. The first-order chi connectivity index (χ1) is 13.2. The van der Waals surface area contributed by atoms with Crippen molar-refractivity contribution < 1.29 is 13.9 Å². The predicted molar refractivity (Wildman–Crippen MR) is 101 cm³/mol. The summed E-state index contributed by atoms with van der Waals surface area (Å²) >= 11 is 1.31. The summed E-state index contributed by atoms with van der Waals surface area (Å²) in [5.41, 5.74) is 1.14. The number of benzene rings is 1. The van der Waals surface area contributed by atoms with Crippen molar-refractivity contribution in [2.24, 2.45) is 0 Å². The number of aromatic nitrogens is 4. The van der Waals surface area contributed by atoms with Crippen LogP contribution in [-0.4, -0.2) is 45.0 Å². The third-order valence-electron chi connectivity index (χ3n) is 3.91. The first-order valence-corrected chi connectivity index (χ1v) is 9.39. The predicted octanol–water partition coefficient (Wildman–Crippen LogP) is 2.16. The molecule has 0 aliphatic rings. The second-order valence-corrected chi connectivity index (χ2v) is 7.16. The minimum absolute atomic E-state index is 0.0546. The minimum Gasteiger partial charge on any atom is -0.497 e. The quantitative estimate of drug-likeness (QED) is 0.562. The first kappa shape index (κ1) is 19.0. The summed E-state index contributed by atoms with van der Waals surface area (Å²) in [7, 11) is 1.64. The maximum absolute atomic E-state index is 12.3. The number of tetrazole rings is 1. The Hall–Kier alpha value is -2.81. The molecule has 0 saturated carbocycles. The van der Waals surface area contributed by atoms with Crippen LogP contribution in [0.4, 0.5) is 0 Å². The van der Waals surface area contributed by atoms with Crippen molar-refractivity contribution >= 4 is 17.7 Å². The van der Waals surface area contributed by atoms with E-state index in [1.165, 1.54) is 11.8 Å². The van der Waals surface area contributed by atoms with E-state index >= 15 is 0 Å². The monoisotopic (exact) mass is 387 g/mol. The molecule has 27 heavy (non-hydrogen) atoms. The highest BCUT2D eigenvalue weighted by Crippen LogP contribution is 2.21. The number of ether oxygens (including phenoxy) is 1. The van der Waals surface area contributed by atoms with Crippen LogP contribution in [0.1, 0.15) is 18.2 Å². The summed E-state index contributed by atoms with van der Waals surface area (Å²) in [5, 5.41) is 14.8. The summed E-state index contributed by atoms with van der Waals surface area (Å²) in [5.74, 6) is 1.52. The number of amides is 1. The number of carbonyl (C=O) groups excluding carboxylic acids is 1. The molecule has 0 bridgehead atoms. The van der Waals surface area contributed by atoms with E-state index in [-0.39, 0.29) is 11.2 Å². The molecule has 0 aliphatic heterocycles. The van der Waals surface area contributed by atoms with E-state index in [0.717, 1.165) is 23.5 Å². The number of hydrogen-bond donors (Lipinski definition) is 1. The molecule has 2 heterocycles. The molecule has 1 aromatic carbocycles. The van der Waals surface area contributed by atoms with Gasteiger partial charge in [-0.05, 0) is 53.6 Å². The highest BCUT2D eigenvalue weighted by Gasteiger charge is 2.18. The molecular formula is C18H21N5O3S. The lowest BCUT2D eigenvalue weighted by atomic mass is 10.1. The summed E-state index contributed by atoms with van der Waals surface area (Å²) in [6.07, 6.45) is 2.36. The molecule has 1 atom stereocenters. The van der Waals surface area contributed by atoms with Crippen molar-refractivity contribution in [1.82, 2.24) is 25.5 Å². The summed E-state index contributed by atoms with van der Waals surface area (Å²) in [6.45, 7) is 2.82. The number of rotatable bonds is 9. The number of nitrogens with zero attached hydrogens (tertiary/aromatic N) is 4. The van der Waals surface area contributed by atoms with Crippen LogP contribution in [0.3, 0.4) is 0 Å². The zero-order valence-electron chi connectivity index (χ0n) is 15.2. The van der Waals surface area contributed by atoms with Crippen LogP contribution in [0.15, 0.2) is 52.2 Å². The Bertz CT molecular complexity index is 848. The van der Waals surface area contributed by atoms with Gasteiger partial charge in [-0.2, -0.15) is 0 Å². The van der Waals surface area contributed by atoms with E-state index in [4.69, 9.17) is 9.15 Å². The smallest absolute Gasteiger partial charge is 0.233 e. The van der Waals surface area contributed by atoms with E-state index in [9.17, 15) is 4.79 Å². The number of carbonyl (C=O) groups is 1. The largest absolute Gasteiger partial charge is 0.497 e. The molecule has 0 radical (unpaired) electrons. The summed E-state index contributed by atoms with van der Waals surface area (Å²) in [6, 6.07) is 11.5. The van der Waals surface area contributed by atoms with E-state index in [0.29, 0.717) is 18.2 Å². The van der Waals surface area contributed by atoms with Crippen LogP contribution in [0.25, 0.3) is 0 Å². The number of methoxy groups -OCH3 is 1. The molecule has 8 nitrogen and oxygen atoms in total. The number of furan rings is 1. The summed E-state index contributed by atoms with van der Waals surface area (Å²) in [4.78, 5) is 12.3. The zero-order chi connectivity index (χ0) is 19.1. The van der Waals surface area contributed by atoms with Crippen molar-refractivity contribution in [3.8, 4) is 5.75 Å². The number of thioether (sulfide) groups is 1. The van der Waals surface area contributed by atoms with Crippen LogP contribution >= 0.6 is 11.8 Å². The van der Waals surface area contributed by atoms with Crippen molar-refractivity contribution in [2.75, 3.05) is 13.7 Å². The maximum Gasteiger partial charge on any atom is 0.233 e. The second-order valence-electron chi connectivity index (χ2n) is 5.85. The van der Waals surface area contributed by atoms with Crippen LogP contribution in [0.5, 0.6) is 5.75 Å². The third kappa shape index (κ3) is 5.33. The standard InChI is InChI=1S/C18H21N5O3S/c1-13(17(24)19-10-9-14-5-7-15(25-2)8-6-14)27-18-20-21-22-23(18)12-16-4-3-11-26-16/h3-8,11,13H,9-10,12H2,1-2H3,(H,19,24). The molecule has 0 aliphatic carbocycles. The average Bonchev–Trinajstić information content (AvgIpc) is 3.35. The Labute approximate surface area is 161 Å². The van der Waals surface area contributed by atoms with Gasteiger partial charge >= 0.3 is 0 Å². The normalized spacial score (nSPS) is 11.9. The Balaban J connectivity index is 1.47. The van der Waals surface area contributed by atoms with Gasteiger partial charge in [0, 0.05) is 6.54 Å². The fraction of sp³-hybridized carbons (Fsp3) is 0.333. The van der Waals surface area contributed by atoms with Gasteiger partial charge < -0.3 is 14.5 Å². The highest BCUT2D eigenvalue weighted by molar-refractivity contribution is 8.00. The second kappa shape index (κ2) is 9.22. The van der Waals surface area contributed by atoms with E-state index < -0.39 is 0 Å². The van der Waals surface area contributed by atoms with Gasteiger partial charge in [-0.3, -0.25) is 4.79 Å². The first-order valence-electron chi connectivity index (χ1n) is 8.51. The SMILES string of the molecule is COc1ccc(CCNC(=O)C(C)Sc2nnnn2Cc2ccco2)cc1. The van der Waals surface area contributed by atoms with Crippen LogP contribution in [-0.2, 0) is 17.8 Å². The molecule has 0 saturated heterocycles. The molecule has 2 aromatic heterocycles. The van der Waals surface area contributed by atoms with Crippen LogP contribution in [0.2, 0.25) is 0 Å². The average molecular weight is 387 g/mol. The Kier molecular flexibility index (Phi) is 6.48. The molecule has 3 aromatic rings. The molecule has 1 unspecified atom stereocenters. The number of hydrogen-bond acceptors (Lipinski definition) is 7. The molecule has 142 valence electrons. The molecule has 3 rings (SSSR count). The lowest BCUT2D eigenvalue weighted by Crippen LogP contribution is -2.32. The fourth-order valence-electron chi connectivity index (χ4n) is 2.41. The topological polar surface area (TPSA) is 95.1 Å². The van der Waals surface area contributed by atoms with Gasteiger partial charge in [0.25, 0.3) is 0 Å². The lowest BCUT2D eigenvalue weighted by molar-refractivity contribution is -0.120. The van der Waals surface area contributed by atoms with E-state index in [2.05, 4.69) is 20.8 Å². The van der Waals surface area contributed by atoms with E-state index in [1.807, 2.05) is 43.3 Å². The minimum atomic E-state index is -0.317. The molecule has 0 fully saturated rings. The van der Waals surface area contributed by atoms with Gasteiger partial charge in [0.05, 0.1) is 18.6 Å². The lowest BCUT2D eigenvalue weighted by Gasteiger charge is -2.11. The van der Waals surface area contributed by atoms with Crippen LogP contribution < -0.4 is 10.1 Å². The third-order valence-corrected chi connectivity index (χ3v) is 4.98. The highest BCUT2D eigenvalue weighted by atomic mass is 32.2. The van der Waals surface area contributed by atoms with Crippen molar-refractivity contribution in [3.05, 3.63) is 54.0 Å². The van der Waals surface area contributed by atoms with Gasteiger partial charge in [0.15, 0.2) is 0 Å². The number of nitrogens with one attached hydrogen (secondary N) is 1.